The molecule has 1 aromatic carbocycles. The van der Waals surface area contributed by atoms with E-state index in [2.05, 4.69) is 30.5 Å². The first-order valence-corrected chi connectivity index (χ1v) is 11.9. The maximum absolute atomic E-state index is 13.7. The number of hydrogen-bond donors (Lipinski definition) is 1. The van der Waals surface area contributed by atoms with Crippen LogP contribution in [0, 0.1) is 16.7 Å². The van der Waals surface area contributed by atoms with Crippen molar-refractivity contribution in [3.05, 3.63) is 53.5 Å². The smallest absolute Gasteiger partial charge is 0.417 e. The number of fused-ring (bicyclic) bond motifs is 1. The molecule has 5 nitrogen and oxygen atoms in total. The van der Waals surface area contributed by atoms with E-state index < -0.39 is 23.1 Å². The second kappa shape index (κ2) is 8.67. The van der Waals surface area contributed by atoms with E-state index in [1.807, 2.05) is 10.8 Å². The van der Waals surface area contributed by atoms with Crippen molar-refractivity contribution in [2.45, 2.75) is 58.1 Å². The number of aromatic nitrogens is 2. The summed E-state index contributed by atoms with van der Waals surface area (Å²) < 4.78 is 58.6. The van der Waals surface area contributed by atoms with Crippen LogP contribution in [-0.2, 0) is 30.6 Å². The fourth-order valence-corrected chi connectivity index (χ4v) is 5.03. The third-order valence-corrected chi connectivity index (χ3v) is 7.00. The lowest BCUT2D eigenvalue weighted by Crippen LogP contribution is -2.26. The molecular weight excluding hydrogens is 449 g/mol. The van der Waals surface area contributed by atoms with Gasteiger partial charge in [0.15, 0.2) is 0 Å². The number of pyridine rings is 1. The van der Waals surface area contributed by atoms with E-state index in [-0.39, 0.29) is 27.5 Å². The molecule has 174 valence electrons. The molecule has 0 aliphatic heterocycles. The topological polar surface area (TPSA) is 76.7 Å². The van der Waals surface area contributed by atoms with Crippen LogP contribution in [0.25, 0.3) is 22.0 Å². The average molecular weight is 475 g/mol. The van der Waals surface area contributed by atoms with Gasteiger partial charge in [0.1, 0.15) is 17.0 Å². The first kappa shape index (κ1) is 23.6. The zero-order valence-electron chi connectivity index (χ0n) is 18.7. The molecule has 0 amide bonds. The molecule has 0 bridgehead atoms. The normalized spacial score (nSPS) is 15.6. The highest BCUT2D eigenvalue weighted by Gasteiger charge is 2.36. The minimum atomic E-state index is -4.62. The quantitative estimate of drug-likeness (QED) is 0.475. The lowest BCUT2D eigenvalue weighted by molar-refractivity contribution is -0.137. The Morgan fingerprint density at radius 1 is 1.24 bits per heavy atom. The average Bonchev–Trinajstić information content (AvgIpc) is 3.54. The molecule has 2 aromatic heterocycles. The van der Waals surface area contributed by atoms with E-state index in [1.54, 1.807) is 24.3 Å². The molecule has 1 saturated carbocycles. The Morgan fingerprint density at radius 3 is 2.58 bits per heavy atom. The Labute approximate surface area is 193 Å². The Morgan fingerprint density at radius 2 is 1.97 bits per heavy atom. The molecular formula is C24H25F3N4OS. The van der Waals surface area contributed by atoms with Crippen LogP contribution in [0.15, 0.2) is 36.7 Å². The number of alkyl halides is 3. The van der Waals surface area contributed by atoms with Gasteiger partial charge >= 0.3 is 6.18 Å². The molecule has 9 heteroatoms. The van der Waals surface area contributed by atoms with Crippen LogP contribution in [-0.4, -0.2) is 19.4 Å². The fourth-order valence-electron chi connectivity index (χ4n) is 3.93. The minimum Gasteiger partial charge on any atom is -0.598 e. The van der Waals surface area contributed by atoms with Crippen molar-refractivity contribution in [2.24, 2.45) is 5.41 Å². The van der Waals surface area contributed by atoms with Crippen molar-refractivity contribution in [3.63, 3.8) is 0 Å². The van der Waals surface area contributed by atoms with Crippen LogP contribution in [0.5, 0.6) is 0 Å². The number of nitriles is 1. The Hall–Kier alpha value is -2.54. The van der Waals surface area contributed by atoms with Crippen molar-refractivity contribution >= 4 is 22.3 Å². The summed E-state index contributed by atoms with van der Waals surface area (Å²) in [5.74, 6) is 0. The van der Waals surface area contributed by atoms with Gasteiger partial charge in [-0.2, -0.15) is 18.4 Å². The summed E-state index contributed by atoms with van der Waals surface area (Å²) in [6.45, 7) is 7.29. The molecule has 1 aliphatic carbocycles. The van der Waals surface area contributed by atoms with Crippen LogP contribution in [0.2, 0.25) is 0 Å². The molecule has 33 heavy (non-hydrogen) atoms. The van der Waals surface area contributed by atoms with Crippen LogP contribution >= 0.6 is 0 Å². The third kappa shape index (κ3) is 5.18. The number of nitrogens with zero attached hydrogens (tertiary/aromatic N) is 3. The van der Waals surface area contributed by atoms with Gasteiger partial charge in [-0.05, 0) is 28.7 Å². The van der Waals surface area contributed by atoms with Gasteiger partial charge in [0.2, 0.25) is 0 Å². The number of rotatable bonds is 6. The largest absolute Gasteiger partial charge is 0.598 e. The van der Waals surface area contributed by atoms with Crippen molar-refractivity contribution in [3.8, 4) is 17.2 Å². The number of hydrogen-bond acceptors (Lipinski definition) is 4. The van der Waals surface area contributed by atoms with Crippen LogP contribution < -0.4 is 4.72 Å². The summed E-state index contributed by atoms with van der Waals surface area (Å²) >= 11 is -1.09. The molecule has 0 radical (unpaired) electrons. The van der Waals surface area contributed by atoms with E-state index in [0.29, 0.717) is 13.1 Å². The number of halogens is 3. The molecule has 1 aliphatic rings. The molecule has 1 atom stereocenters. The summed E-state index contributed by atoms with van der Waals surface area (Å²) in [6.07, 6.45) is 0.283. The molecule has 1 N–H and O–H groups in total. The highest BCUT2D eigenvalue weighted by molar-refractivity contribution is 7.90. The van der Waals surface area contributed by atoms with Gasteiger partial charge < -0.3 is 9.12 Å². The van der Waals surface area contributed by atoms with E-state index >= 15 is 0 Å². The van der Waals surface area contributed by atoms with Gasteiger partial charge in [0.05, 0.1) is 12.1 Å². The first-order chi connectivity index (χ1) is 15.5. The second-order valence-corrected chi connectivity index (χ2v) is 11.1. The summed E-state index contributed by atoms with van der Waals surface area (Å²) in [6, 6.07) is 7.76. The number of nitrogens with one attached hydrogen (secondary N) is 1. The van der Waals surface area contributed by atoms with E-state index in [1.165, 1.54) is 0 Å². The Balaban J connectivity index is 1.83. The van der Waals surface area contributed by atoms with Gasteiger partial charge in [-0.25, -0.2) is 4.98 Å². The van der Waals surface area contributed by atoms with Crippen LogP contribution in [0.1, 0.15) is 50.4 Å². The lowest BCUT2D eigenvalue weighted by atomic mass is 9.96. The Bertz CT molecular complexity index is 1220. The summed E-state index contributed by atoms with van der Waals surface area (Å²) in [5.41, 5.74) is 0.534. The highest BCUT2D eigenvalue weighted by Crippen LogP contribution is 2.40. The molecule has 2 heterocycles. The minimum absolute atomic E-state index is 0.0767. The van der Waals surface area contributed by atoms with Gasteiger partial charge in [-0.15, -0.1) is 4.72 Å². The van der Waals surface area contributed by atoms with Gasteiger partial charge in [0, 0.05) is 59.6 Å². The van der Waals surface area contributed by atoms with Crippen molar-refractivity contribution in [1.29, 1.82) is 5.26 Å². The van der Waals surface area contributed by atoms with Gasteiger partial charge in [-0.1, -0.05) is 32.9 Å². The fraction of sp³-hybridized carbons (Fsp3) is 0.417. The molecule has 1 unspecified atom stereocenters. The molecule has 3 aromatic rings. The molecule has 0 spiro atoms. The van der Waals surface area contributed by atoms with E-state index in [4.69, 9.17) is 0 Å². The SMILES string of the molecule is CC(C)(C)Cn1cc(CN[S+]([O-])C2CC2)c2ccc(-c3c(C(F)(F)F)ccnc3C#N)cc21. The van der Waals surface area contributed by atoms with Gasteiger partial charge in [-0.3, -0.25) is 0 Å². The summed E-state index contributed by atoms with van der Waals surface area (Å²) in [5, 5.41) is 10.5. The standard InChI is InChI=1S/C24H25F3N4OS/c1-23(2,3)14-31-13-16(12-30-33(32)17-5-6-17)18-7-4-15(10-21(18)31)22-19(24(25,26)27)8-9-29-20(22)11-28/h4,7-10,13,17,30H,5-6,12,14H2,1-3H3. The van der Waals surface area contributed by atoms with E-state index in [9.17, 15) is 23.0 Å². The zero-order chi connectivity index (χ0) is 24.0. The highest BCUT2D eigenvalue weighted by atomic mass is 32.2. The summed E-state index contributed by atoms with van der Waals surface area (Å²) in [4.78, 5) is 3.87. The maximum Gasteiger partial charge on any atom is 0.417 e. The van der Waals surface area contributed by atoms with Crippen molar-refractivity contribution < 1.29 is 17.7 Å². The monoisotopic (exact) mass is 474 g/mol. The van der Waals surface area contributed by atoms with Crippen molar-refractivity contribution in [1.82, 2.24) is 14.3 Å². The maximum atomic E-state index is 13.7. The molecule has 1 fully saturated rings. The molecule has 0 saturated heterocycles. The molecule has 4 rings (SSSR count). The summed E-state index contributed by atoms with van der Waals surface area (Å²) in [7, 11) is 0. The predicted octanol–water partition coefficient (Wildman–Crippen LogP) is 5.56. The lowest BCUT2D eigenvalue weighted by Gasteiger charge is -2.20. The third-order valence-electron chi connectivity index (χ3n) is 5.49. The predicted molar refractivity (Wildman–Crippen MR) is 122 cm³/mol. The Kier molecular flexibility index (Phi) is 6.20. The van der Waals surface area contributed by atoms with Crippen LogP contribution in [0.4, 0.5) is 13.2 Å². The van der Waals surface area contributed by atoms with Gasteiger partial charge in [0.25, 0.3) is 0 Å². The number of benzene rings is 1. The second-order valence-electron chi connectivity index (χ2n) is 9.58. The van der Waals surface area contributed by atoms with E-state index in [0.717, 1.165) is 41.6 Å². The van der Waals surface area contributed by atoms with Crippen molar-refractivity contribution in [2.75, 3.05) is 0 Å². The first-order valence-electron chi connectivity index (χ1n) is 10.7. The zero-order valence-corrected chi connectivity index (χ0v) is 19.5. The van der Waals surface area contributed by atoms with Crippen LogP contribution in [0.3, 0.4) is 0 Å².